The first-order chi connectivity index (χ1) is 7.88. The van der Waals surface area contributed by atoms with Crippen molar-refractivity contribution in [2.24, 2.45) is 0 Å². The number of hydrazine groups is 1. The first-order valence-electron chi connectivity index (χ1n) is 4.52. The van der Waals surface area contributed by atoms with Crippen molar-refractivity contribution in [1.29, 1.82) is 0 Å². The van der Waals surface area contributed by atoms with Gasteiger partial charge in [0.1, 0.15) is 5.82 Å². The molecule has 1 fully saturated rings. The van der Waals surface area contributed by atoms with Gasteiger partial charge in [-0.1, -0.05) is 0 Å². The highest BCUT2D eigenvalue weighted by Crippen LogP contribution is 2.27. The fourth-order valence-corrected chi connectivity index (χ4v) is 1.20. The van der Waals surface area contributed by atoms with Crippen LogP contribution in [0.2, 0.25) is 0 Å². The molecule has 2 rings (SSSR count). The fourth-order valence-electron chi connectivity index (χ4n) is 1.20. The van der Waals surface area contributed by atoms with Crippen LogP contribution >= 0.6 is 0 Å². The number of nitrogens with zero attached hydrogens (tertiary/aromatic N) is 3. The van der Waals surface area contributed by atoms with E-state index in [-0.39, 0.29) is 0 Å². The topological polar surface area (TPSA) is 62.2 Å². The van der Waals surface area contributed by atoms with E-state index in [4.69, 9.17) is 0 Å². The van der Waals surface area contributed by atoms with Crippen molar-refractivity contribution in [1.82, 2.24) is 25.5 Å². The average Bonchev–Trinajstić information content (AvgIpc) is 2.80. The van der Waals surface area contributed by atoms with Gasteiger partial charge in [0.15, 0.2) is 5.69 Å². The maximum absolute atomic E-state index is 12.3. The van der Waals surface area contributed by atoms with E-state index in [1.165, 1.54) is 18.1 Å². The number of carbonyl (C=O) groups is 1. The summed E-state index contributed by atoms with van der Waals surface area (Å²) in [6.45, 7) is 0. The molecule has 1 aromatic heterocycles. The quantitative estimate of drug-likeness (QED) is 0.772. The number of urea groups is 1. The van der Waals surface area contributed by atoms with Gasteiger partial charge in [0.25, 0.3) is 0 Å². The Labute approximate surface area is 93.7 Å². The molecule has 1 saturated heterocycles. The summed E-state index contributed by atoms with van der Waals surface area (Å²) in [5.41, 5.74) is 3.79. The molecule has 0 spiro atoms. The molecule has 2 heterocycles. The number of carbonyl (C=O) groups excluding carboxylic acids is 1. The molecular weight excluding hydrogens is 239 g/mol. The van der Waals surface area contributed by atoms with Crippen LogP contribution in [0.1, 0.15) is 5.69 Å². The van der Waals surface area contributed by atoms with Crippen molar-refractivity contribution in [2.45, 2.75) is 6.18 Å². The van der Waals surface area contributed by atoms with Crippen molar-refractivity contribution in [3.8, 4) is 0 Å². The van der Waals surface area contributed by atoms with Crippen LogP contribution in [0.25, 0.3) is 6.20 Å². The van der Waals surface area contributed by atoms with Crippen molar-refractivity contribution in [3.63, 3.8) is 0 Å². The Hall–Kier alpha value is -2.19. The van der Waals surface area contributed by atoms with Crippen LogP contribution in [0.4, 0.5) is 18.0 Å². The fraction of sp³-hybridized carbons (Fsp3) is 0.250. The Morgan fingerprint density at radius 1 is 1.41 bits per heavy atom. The molecular formula is C8H8F3N5O. The van der Waals surface area contributed by atoms with Gasteiger partial charge in [0.2, 0.25) is 0 Å². The first kappa shape index (κ1) is 11.3. The lowest BCUT2D eigenvalue weighted by Crippen LogP contribution is -2.26. The highest BCUT2D eigenvalue weighted by molar-refractivity contribution is 5.78. The molecule has 0 aromatic carbocycles. The normalized spacial score (nSPS) is 18.5. The van der Waals surface area contributed by atoms with Crippen LogP contribution in [-0.4, -0.2) is 27.8 Å². The minimum atomic E-state index is -4.48. The average molecular weight is 247 g/mol. The lowest BCUT2D eigenvalue weighted by Gasteiger charge is -2.06. The zero-order valence-corrected chi connectivity index (χ0v) is 8.62. The van der Waals surface area contributed by atoms with E-state index < -0.39 is 17.9 Å². The van der Waals surface area contributed by atoms with Crippen LogP contribution in [0.3, 0.4) is 0 Å². The maximum atomic E-state index is 12.3. The Balaban J connectivity index is 2.22. The standard InChI is InChI=1S/C8H8F3N5O/c1-15-6(12-13-7(15)17)4-16-3-2-5(14-16)8(9,10)11/h2-4,12H,1H3,(H,13,17)/b6-4+. The van der Waals surface area contributed by atoms with Crippen LogP contribution in [0.5, 0.6) is 0 Å². The molecule has 1 aliphatic heterocycles. The molecule has 0 radical (unpaired) electrons. The van der Waals surface area contributed by atoms with E-state index in [1.54, 1.807) is 0 Å². The predicted octanol–water partition coefficient (Wildman–Crippen LogP) is 0.817. The lowest BCUT2D eigenvalue weighted by atomic mass is 10.4. The second-order valence-corrected chi connectivity index (χ2v) is 3.31. The molecule has 0 bridgehead atoms. The van der Waals surface area contributed by atoms with Gasteiger partial charge in [-0.05, 0) is 6.07 Å². The summed E-state index contributed by atoms with van der Waals surface area (Å²) in [6, 6.07) is 0.445. The van der Waals surface area contributed by atoms with E-state index in [1.807, 2.05) is 0 Å². The van der Waals surface area contributed by atoms with Gasteiger partial charge in [-0.15, -0.1) is 0 Å². The van der Waals surface area contributed by atoms with Gasteiger partial charge in [-0.2, -0.15) is 18.3 Å². The molecule has 1 aliphatic rings. The van der Waals surface area contributed by atoms with E-state index >= 15 is 0 Å². The van der Waals surface area contributed by atoms with Gasteiger partial charge < -0.3 is 0 Å². The lowest BCUT2D eigenvalue weighted by molar-refractivity contribution is -0.141. The molecule has 6 nitrogen and oxygen atoms in total. The van der Waals surface area contributed by atoms with Crippen molar-refractivity contribution in [3.05, 3.63) is 23.8 Å². The third-order valence-electron chi connectivity index (χ3n) is 2.12. The summed E-state index contributed by atoms with van der Waals surface area (Å²) in [5, 5.41) is 3.31. The predicted molar refractivity (Wildman–Crippen MR) is 50.9 cm³/mol. The molecule has 0 atom stereocenters. The van der Waals surface area contributed by atoms with Gasteiger partial charge >= 0.3 is 12.2 Å². The summed E-state index contributed by atoms with van der Waals surface area (Å²) in [7, 11) is 1.47. The van der Waals surface area contributed by atoms with E-state index in [0.29, 0.717) is 5.82 Å². The van der Waals surface area contributed by atoms with Crippen molar-refractivity contribution in [2.75, 3.05) is 7.05 Å². The summed E-state index contributed by atoms with van der Waals surface area (Å²) in [5.74, 6) is 0.298. The van der Waals surface area contributed by atoms with Crippen molar-refractivity contribution < 1.29 is 18.0 Å². The Morgan fingerprint density at radius 3 is 2.59 bits per heavy atom. The molecule has 92 valence electrons. The molecule has 9 heteroatoms. The summed E-state index contributed by atoms with van der Waals surface area (Å²) in [4.78, 5) is 12.2. The monoisotopic (exact) mass is 247 g/mol. The number of hydrogen-bond donors (Lipinski definition) is 2. The largest absolute Gasteiger partial charge is 0.435 e. The molecule has 2 amide bonds. The van der Waals surface area contributed by atoms with Gasteiger partial charge in [0.05, 0.1) is 6.20 Å². The van der Waals surface area contributed by atoms with Gasteiger partial charge in [-0.25, -0.2) is 14.9 Å². The highest BCUT2D eigenvalue weighted by atomic mass is 19.4. The summed E-state index contributed by atoms with van der Waals surface area (Å²) >= 11 is 0. The number of hydrogen-bond acceptors (Lipinski definition) is 3. The third kappa shape index (κ3) is 2.17. The maximum Gasteiger partial charge on any atom is 0.435 e. The van der Waals surface area contributed by atoms with Crippen LogP contribution in [-0.2, 0) is 6.18 Å². The molecule has 1 aromatic rings. The molecule has 0 saturated carbocycles. The number of amides is 2. The molecule has 2 N–H and O–H groups in total. The Kier molecular flexibility index (Phi) is 2.45. The first-order valence-corrected chi connectivity index (χ1v) is 4.52. The molecule has 0 aliphatic carbocycles. The highest BCUT2D eigenvalue weighted by Gasteiger charge is 2.33. The summed E-state index contributed by atoms with van der Waals surface area (Å²) < 4.78 is 37.8. The third-order valence-corrected chi connectivity index (χ3v) is 2.12. The number of aromatic nitrogens is 2. The number of halogens is 3. The second-order valence-electron chi connectivity index (χ2n) is 3.31. The SMILES string of the molecule is CN1C(=O)NN/C1=C\n1ccc(C(F)(F)F)n1. The zero-order valence-electron chi connectivity index (χ0n) is 8.62. The van der Waals surface area contributed by atoms with E-state index in [0.717, 1.165) is 16.9 Å². The molecule has 17 heavy (non-hydrogen) atoms. The van der Waals surface area contributed by atoms with Crippen LogP contribution in [0, 0.1) is 0 Å². The minimum Gasteiger partial charge on any atom is -0.280 e. The van der Waals surface area contributed by atoms with E-state index in [2.05, 4.69) is 16.0 Å². The summed E-state index contributed by atoms with van der Waals surface area (Å²) in [6.07, 6.45) is -2.08. The van der Waals surface area contributed by atoms with Crippen LogP contribution < -0.4 is 10.9 Å². The second kappa shape index (κ2) is 3.68. The van der Waals surface area contributed by atoms with Crippen molar-refractivity contribution >= 4 is 12.2 Å². The smallest absolute Gasteiger partial charge is 0.280 e. The Morgan fingerprint density at radius 2 is 2.12 bits per heavy atom. The van der Waals surface area contributed by atoms with Crippen LogP contribution in [0.15, 0.2) is 18.1 Å². The van der Waals surface area contributed by atoms with Gasteiger partial charge in [0, 0.05) is 13.2 Å². The number of alkyl halides is 3. The number of rotatable bonds is 1. The van der Waals surface area contributed by atoms with Gasteiger partial charge in [-0.3, -0.25) is 10.3 Å². The zero-order chi connectivity index (χ0) is 12.6. The Bertz CT molecular complexity index is 478. The minimum absolute atomic E-state index is 0.298. The van der Waals surface area contributed by atoms with E-state index in [9.17, 15) is 18.0 Å². The number of nitrogens with one attached hydrogen (secondary N) is 2. The molecule has 0 unspecified atom stereocenters.